The fourth-order valence-corrected chi connectivity index (χ4v) is 3.65. The predicted octanol–water partition coefficient (Wildman–Crippen LogP) is 1.43. The van der Waals surface area contributed by atoms with Crippen LogP contribution in [0.1, 0.15) is 23.7 Å². The van der Waals surface area contributed by atoms with Gasteiger partial charge in [0.1, 0.15) is 5.82 Å². The van der Waals surface area contributed by atoms with Gasteiger partial charge < -0.3 is 10.2 Å². The molecule has 1 aromatic heterocycles. The predicted molar refractivity (Wildman–Crippen MR) is 82.6 cm³/mol. The standard InChI is InChI=1S/C13H18ClN3O3S/c1-2-15-12-8-10(11(14)9-16-12)13(18)17-4-3-6-21(19,20)7-5-17/h8-9H,2-7H2,1H3,(H,15,16). The quantitative estimate of drug-likeness (QED) is 0.906. The minimum absolute atomic E-state index is 0.00150. The number of hydrogen-bond donors (Lipinski definition) is 1. The first-order valence-electron chi connectivity index (χ1n) is 6.82. The highest BCUT2D eigenvalue weighted by Crippen LogP contribution is 2.21. The van der Waals surface area contributed by atoms with E-state index in [4.69, 9.17) is 11.6 Å². The fraction of sp³-hybridized carbons (Fsp3) is 0.538. The molecule has 0 atom stereocenters. The molecule has 1 amide bonds. The molecule has 6 nitrogen and oxygen atoms in total. The van der Waals surface area contributed by atoms with Gasteiger partial charge in [0.25, 0.3) is 5.91 Å². The lowest BCUT2D eigenvalue weighted by Gasteiger charge is -2.20. The van der Waals surface area contributed by atoms with Gasteiger partial charge in [-0.3, -0.25) is 4.79 Å². The van der Waals surface area contributed by atoms with Gasteiger partial charge in [0.15, 0.2) is 9.84 Å². The minimum atomic E-state index is -3.05. The summed E-state index contributed by atoms with van der Waals surface area (Å²) in [6.07, 6.45) is 1.89. The summed E-state index contributed by atoms with van der Waals surface area (Å²) in [5.74, 6) is 0.455. The summed E-state index contributed by atoms with van der Waals surface area (Å²) in [7, 11) is -3.05. The van der Waals surface area contributed by atoms with Crippen molar-refractivity contribution in [3.8, 4) is 0 Å². The topological polar surface area (TPSA) is 79.4 Å². The van der Waals surface area contributed by atoms with Crippen LogP contribution in [0.2, 0.25) is 5.02 Å². The van der Waals surface area contributed by atoms with Crippen LogP contribution < -0.4 is 5.32 Å². The first-order chi connectivity index (χ1) is 9.93. The van der Waals surface area contributed by atoms with Crippen LogP contribution in [0.15, 0.2) is 12.3 Å². The zero-order chi connectivity index (χ0) is 15.5. The van der Waals surface area contributed by atoms with E-state index in [0.717, 1.165) is 0 Å². The lowest BCUT2D eigenvalue weighted by Crippen LogP contribution is -2.33. The molecule has 21 heavy (non-hydrogen) atoms. The van der Waals surface area contributed by atoms with E-state index >= 15 is 0 Å². The molecule has 0 spiro atoms. The van der Waals surface area contributed by atoms with E-state index in [1.807, 2.05) is 6.92 Å². The number of halogens is 1. The molecular weight excluding hydrogens is 314 g/mol. The van der Waals surface area contributed by atoms with Crippen molar-refractivity contribution in [2.75, 3.05) is 36.5 Å². The van der Waals surface area contributed by atoms with Gasteiger partial charge in [0.05, 0.1) is 22.1 Å². The second kappa shape index (κ2) is 6.62. The van der Waals surface area contributed by atoms with Gasteiger partial charge in [-0.15, -0.1) is 0 Å². The van der Waals surface area contributed by atoms with Gasteiger partial charge in [-0.25, -0.2) is 13.4 Å². The van der Waals surface area contributed by atoms with E-state index in [2.05, 4.69) is 10.3 Å². The number of nitrogens with zero attached hydrogens (tertiary/aromatic N) is 2. The molecule has 0 radical (unpaired) electrons. The highest BCUT2D eigenvalue weighted by Gasteiger charge is 2.24. The number of anilines is 1. The first-order valence-corrected chi connectivity index (χ1v) is 9.02. The Labute approximate surface area is 129 Å². The summed E-state index contributed by atoms with van der Waals surface area (Å²) < 4.78 is 23.2. The highest BCUT2D eigenvalue weighted by atomic mass is 35.5. The Morgan fingerprint density at radius 2 is 2.19 bits per heavy atom. The molecule has 0 unspecified atom stereocenters. The normalized spacial score (nSPS) is 18.1. The Hall–Kier alpha value is -1.34. The molecule has 1 aliphatic rings. The number of carbonyl (C=O) groups is 1. The summed E-state index contributed by atoms with van der Waals surface area (Å²) in [5, 5.41) is 3.29. The second-order valence-electron chi connectivity index (χ2n) is 4.88. The number of hydrogen-bond acceptors (Lipinski definition) is 5. The maximum atomic E-state index is 12.5. The van der Waals surface area contributed by atoms with E-state index in [0.29, 0.717) is 30.9 Å². The number of pyridine rings is 1. The van der Waals surface area contributed by atoms with Crippen molar-refractivity contribution >= 4 is 33.2 Å². The molecule has 0 aromatic carbocycles. The van der Waals surface area contributed by atoms with E-state index in [1.165, 1.54) is 6.20 Å². The summed E-state index contributed by atoms with van der Waals surface area (Å²) >= 11 is 6.05. The van der Waals surface area contributed by atoms with Gasteiger partial charge in [0, 0.05) is 25.8 Å². The number of amides is 1. The number of rotatable bonds is 3. The van der Waals surface area contributed by atoms with Crippen LogP contribution in [-0.2, 0) is 9.84 Å². The van der Waals surface area contributed by atoms with Crippen LogP contribution >= 0.6 is 11.6 Å². The average Bonchev–Trinajstić information content (AvgIpc) is 2.61. The molecule has 2 rings (SSSR count). The van der Waals surface area contributed by atoms with Crippen molar-refractivity contribution in [2.24, 2.45) is 0 Å². The van der Waals surface area contributed by atoms with Crippen LogP contribution in [0, 0.1) is 0 Å². The Bertz CT molecular complexity index is 634. The summed E-state index contributed by atoms with van der Waals surface area (Å²) in [4.78, 5) is 18.2. The second-order valence-corrected chi connectivity index (χ2v) is 7.59. The molecular formula is C13H18ClN3O3S. The minimum Gasteiger partial charge on any atom is -0.370 e. The molecule has 1 aliphatic heterocycles. The SMILES string of the molecule is CCNc1cc(C(=O)N2CCCS(=O)(=O)CC2)c(Cl)cn1. The molecule has 2 heterocycles. The van der Waals surface area contributed by atoms with Crippen molar-refractivity contribution in [1.29, 1.82) is 0 Å². The molecule has 1 fully saturated rings. The molecule has 0 saturated carbocycles. The maximum absolute atomic E-state index is 12.5. The van der Waals surface area contributed by atoms with Crippen molar-refractivity contribution in [1.82, 2.24) is 9.88 Å². The van der Waals surface area contributed by atoms with Crippen molar-refractivity contribution in [3.63, 3.8) is 0 Å². The fourth-order valence-electron chi connectivity index (χ4n) is 2.19. The summed E-state index contributed by atoms with van der Waals surface area (Å²) in [6, 6.07) is 1.60. The number of sulfone groups is 1. The molecule has 116 valence electrons. The van der Waals surface area contributed by atoms with Crippen molar-refractivity contribution in [2.45, 2.75) is 13.3 Å². The molecule has 8 heteroatoms. The lowest BCUT2D eigenvalue weighted by atomic mass is 10.2. The van der Waals surface area contributed by atoms with Crippen LogP contribution in [0.4, 0.5) is 5.82 Å². The number of carbonyl (C=O) groups excluding carboxylic acids is 1. The molecule has 1 aromatic rings. The summed E-state index contributed by atoms with van der Waals surface area (Å²) in [5.41, 5.74) is 0.349. The average molecular weight is 332 g/mol. The third kappa shape index (κ3) is 4.07. The Morgan fingerprint density at radius 3 is 2.90 bits per heavy atom. The van der Waals surface area contributed by atoms with Crippen LogP contribution in [0.3, 0.4) is 0 Å². The monoisotopic (exact) mass is 331 g/mol. The van der Waals surface area contributed by atoms with Crippen LogP contribution in [0.25, 0.3) is 0 Å². The van der Waals surface area contributed by atoms with E-state index in [9.17, 15) is 13.2 Å². The molecule has 1 saturated heterocycles. The van der Waals surface area contributed by atoms with Gasteiger partial charge >= 0.3 is 0 Å². The third-order valence-electron chi connectivity index (χ3n) is 3.29. The Balaban J connectivity index is 2.21. The zero-order valence-corrected chi connectivity index (χ0v) is 13.4. The van der Waals surface area contributed by atoms with E-state index < -0.39 is 9.84 Å². The van der Waals surface area contributed by atoms with Gasteiger partial charge in [-0.1, -0.05) is 11.6 Å². The largest absolute Gasteiger partial charge is 0.370 e. The smallest absolute Gasteiger partial charge is 0.255 e. The van der Waals surface area contributed by atoms with Gasteiger partial charge in [-0.2, -0.15) is 0 Å². The maximum Gasteiger partial charge on any atom is 0.255 e. The molecule has 0 bridgehead atoms. The number of aromatic nitrogens is 1. The van der Waals surface area contributed by atoms with Crippen LogP contribution in [0.5, 0.6) is 0 Å². The third-order valence-corrected chi connectivity index (χ3v) is 5.30. The van der Waals surface area contributed by atoms with Crippen molar-refractivity contribution < 1.29 is 13.2 Å². The molecule has 0 aliphatic carbocycles. The Kier molecular flexibility index (Phi) is 5.05. The Morgan fingerprint density at radius 1 is 1.43 bits per heavy atom. The summed E-state index contributed by atoms with van der Waals surface area (Å²) in [6.45, 7) is 3.24. The van der Waals surface area contributed by atoms with Gasteiger partial charge in [-0.05, 0) is 19.4 Å². The first kappa shape index (κ1) is 16.0. The van der Waals surface area contributed by atoms with E-state index in [1.54, 1.807) is 11.0 Å². The zero-order valence-electron chi connectivity index (χ0n) is 11.8. The van der Waals surface area contributed by atoms with Gasteiger partial charge in [0.2, 0.25) is 0 Å². The number of nitrogens with one attached hydrogen (secondary N) is 1. The molecule has 1 N–H and O–H groups in total. The lowest BCUT2D eigenvalue weighted by molar-refractivity contribution is 0.0768. The highest BCUT2D eigenvalue weighted by molar-refractivity contribution is 7.91. The van der Waals surface area contributed by atoms with Crippen molar-refractivity contribution in [3.05, 3.63) is 22.8 Å². The van der Waals surface area contributed by atoms with Crippen LogP contribution in [-0.4, -0.2) is 55.3 Å². The van der Waals surface area contributed by atoms with E-state index in [-0.39, 0.29) is 29.0 Å².